The smallest absolute Gasteiger partial charge is 0.205 e. The van der Waals surface area contributed by atoms with Gasteiger partial charge in [-0.15, -0.1) is 0 Å². The van der Waals surface area contributed by atoms with Crippen LogP contribution in [0.15, 0.2) is 52.7 Å². The van der Waals surface area contributed by atoms with E-state index in [1.54, 1.807) is 26.0 Å². The maximum atomic E-state index is 12.4. The van der Waals surface area contributed by atoms with Gasteiger partial charge in [-0.2, -0.15) is 0 Å². The third kappa shape index (κ3) is 2.42. The zero-order valence-corrected chi connectivity index (χ0v) is 11.7. The van der Waals surface area contributed by atoms with Crippen LogP contribution in [0.4, 0.5) is 5.69 Å². The number of para-hydroxylation sites is 1. The average Bonchev–Trinajstić information content (AvgIpc) is 2.43. The first-order valence-electron chi connectivity index (χ1n) is 6.44. The third-order valence-corrected chi connectivity index (χ3v) is 3.45. The van der Waals surface area contributed by atoms with Crippen molar-refractivity contribution >= 4 is 17.3 Å². The van der Waals surface area contributed by atoms with E-state index in [4.69, 9.17) is 0 Å². The molecule has 1 aromatic carbocycles. The number of benzene rings is 1. The van der Waals surface area contributed by atoms with Gasteiger partial charge in [0.25, 0.3) is 0 Å². The summed E-state index contributed by atoms with van der Waals surface area (Å²) in [6, 6.07) is 9.11. The molecule has 4 nitrogen and oxygen atoms in total. The number of anilines is 1. The quantitative estimate of drug-likeness (QED) is 0.827. The number of hydrogen-bond donors (Lipinski definition) is 2. The topological polar surface area (TPSA) is 66.4 Å². The van der Waals surface area contributed by atoms with E-state index in [1.165, 1.54) is 6.92 Å². The lowest BCUT2D eigenvalue weighted by Crippen LogP contribution is -2.30. The highest BCUT2D eigenvalue weighted by Crippen LogP contribution is 2.27. The van der Waals surface area contributed by atoms with Crippen LogP contribution in [0.1, 0.15) is 20.8 Å². The Kier molecular flexibility index (Phi) is 3.86. The van der Waals surface area contributed by atoms with Crippen LogP contribution in [-0.4, -0.2) is 22.8 Å². The minimum atomic E-state index is -0.999. The predicted octanol–water partition coefficient (Wildman–Crippen LogP) is 2.22. The molecule has 1 atom stereocenters. The molecule has 0 spiro atoms. The van der Waals surface area contributed by atoms with E-state index in [1.807, 2.05) is 18.2 Å². The summed E-state index contributed by atoms with van der Waals surface area (Å²) in [4.78, 5) is 24.6. The highest BCUT2D eigenvalue weighted by Gasteiger charge is 2.32. The Hall–Kier alpha value is -2.20. The molecule has 0 heterocycles. The molecule has 0 aromatic heterocycles. The van der Waals surface area contributed by atoms with Crippen molar-refractivity contribution in [3.63, 3.8) is 0 Å². The number of allylic oxidation sites excluding steroid dienone is 2. The van der Waals surface area contributed by atoms with Crippen LogP contribution < -0.4 is 5.32 Å². The second-order valence-electron chi connectivity index (χ2n) is 4.86. The molecule has 1 aliphatic carbocycles. The van der Waals surface area contributed by atoms with Crippen molar-refractivity contribution in [1.82, 2.24) is 0 Å². The molecule has 0 saturated carbocycles. The molecule has 4 heteroatoms. The van der Waals surface area contributed by atoms with Crippen molar-refractivity contribution in [2.24, 2.45) is 0 Å². The van der Waals surface area contributed by atoms with Crippen LogP contribution in [0, 0.1) is 0 Å². The number of carbonyl (C=O) groups is 2. The number of Topliss-reactive ketones (excluding diaryl/α,β-unsaturated/α-hetero) is 2. The second-order valence-corrected chi connectivity index (χ2v) is 4.86. The molecule has 20 heavy (non-hydrogen) atoms. The van der Waals surface area contributed by atoms with Crippen molar-refractivity contribution in [2.45, 2.75) is 26.9 Å². The fourth-order valence-corrected chi connectivity index (χ4v) is 2.15. The van der Waals surface area contributed by atoms with Crippen LogP contribution in [0.3, 0.4) is 0 Å². The summed E-state index contributed by atoms with van der Waals surface area (Å²) in [7, 11) is 0. The summed E-state index contributed by atoms with van der Waals surface area (Å²) in [6.45, 7) is 4.72. The first kappa shape index (κ1) is 14.2. The third-order valence-electron chi connectivity index (χ3n) is 3.45. The summed E-state index contributed by atoms with van der Waals surface area (Å²) >= 11 is 0. The molecular formula is C16H17NO3. The maximum absolute atomic E-state index is 12.4. The molecule has 1 unspecified atom stereocenters. The molecule has 0 aliphatic heterocycles. The minimum absolute atomic E-state index is 0.127. The largest absolute Gasteiger partial charge is 0.388 e. The lowest BCUT2D eigenvalue weighted by atomic mass is 9.86. The molecule has 0 amide bonds. The molecule has 0 fully saturated rings. The highest BCUT2D eigenvalue weighted by atomic mass is 16.3. The summed E-state index contributed by atoms with van der Waals surface area (Å²) in [5, 5.41) is 12.8. The normalized spacial score (nSPS) is 17.6. The van der Waals surface area contributed by atoms with Crippen molar-refractivity contribution in [3.05, 3.63) is 52.7 Å². The van der Waals surface area contributed by atoms with Gasteiger partial charge in [0.2, 0.25) is 5.78 Å². The van der Waals surface area contributed by atoms with Gasteiger partial charge in [0.15, 0.2) is 5.78 Å². The van der Waals surface area contributed by atoms with E-state index in [0.717, 1.165) is 0 Å². The molecule has 0 radical (unpaired) electrons. The predicted molar refractivity (Wildman–Crippen MR) is 77.2 cm³/mol. The molecular weight excluding hydrogens is 254 g/mol. The number of aliphatic hydroxyl groups excluding tert-OH is 1. The first-order chi connectivity index (χ1) is 9.43. The van der Waals surface area contributed by atoms with Gasteiger partial charge in [-0.3, -0.25) is 9.59 Å². The van der Waals surface area contributed by atoms with Gasteiger partial charge < -0.3 is 10.4 Å². The summed E-state index contributed by atoms with van der Waals surface area (Å²) in [5.74, 6) is -0.530. The summed E-state index contributed by atoms with van der Waals surface area (Å²) in [6.07, 6.45) is -0.999. The van der Waals surface area contributed by atoms with E-state index in [9.17, 15) is 14.7 Å². The monoisotopic (exact) mass is 271 g/mol. The molecule has 2 rings (SSSR count). The zero-order valence-electron chi connectivity index (χ0n) is 11.7. The number of nitrogens with one attached hydrogen (secondary N) is 1. The molecule has 0 saturated heterocycles. The Balaban J connectivity index is 2.50. The zero-order chi connectivity index (χ0) is 14.9. The molecule has 1 aromatic rings. The lowest BCUT2D eigenvalue weighted by Gasteiger charge is -2.23. The second kappa shape index (κ2) is 5.43. The minimum Gasteiger partial charge on any atom is -0.388 e. The van der Waals surface area contributed by atoms with Gasteiger partial charge in [0.05, 0.1) is 17.4 Å². The maximum Gasteiger partial charge on any atom is 0.205 e. The Morgan fingerprint density at radius 1 is 1.00 bits per heavy atom. The van der Waals surface area contributed by atoms with Crippen LogP contribution in [0.2, 0.25) is 0 Å². The van der Waals surface area contributed by atoms with E-state index < -0.39 is 6.10 Å². The van der Waals surface area contributed by atoms with Gasteiger partial charge in [0, 0.05) is 16.8 Å². The van der Waals surface area contributed by atoms with E-state index in [2.05, 4.69) is 5.32 Å². The number of rotatable bonds is 3. The van der Waals surface area contributed by atoms with Gasteiger partial charge in [-0.1, -0.05) is 18.2 Å². The van der Waals surface area contributed by atoms with Crippen LogP contribution in [-0.2, 0) is 9.59 Å². The fourth-order valence-electron chi connectivity index (χ4n) is 2.15. The van der Waals surface area contributed by atoms with Gasteiger partial charge in [0.1, 0.15) is 0 Å². The van der Waals surface area contributed by atoms with Crippen molar-refractivity contribution in [1.29, 1.82) is 0 Å². The van der Waals surface area contributed by atoms with Crippen molar-refractivity contribution < 1.29 is 14.7 Å². The standard InChI is InChI=1S/C16H17NO3/c1-9-10(2)16(20)14(13(11(3)18)15(9)19)17-12-7-5-4-6-8-12/h4-8,11,17-18H,1-3H3. The lowest BCUT2D eigenvalue weighted by molar-refractivity contribution is -0.117. The van der Waals surface area contributed by atoms with E-state index in [0.29, 0.717) is 16.8 Å². The number of ketones is 2. The van der Waals surface area contributed by atoms with Gasteiger partial charge >= 0.3 is 0 Å². The van der Waals surface area contributed by atoms with Crippen molar-refractivity contribution in [2.75, 3.05) is 5.32 Å². The Labute approximate surface area is 117 Å². The van der Waals surface area contributed by atoms with Crippen LogP contribution in [0.5, 0.6) is 0 Å². The van der Waals surface area contributed by atoms with E-state index >= 15 is 0 Å². The van der Waals surface area contributed by atoms with Gasteiger partial charge in [-0.25, -0.2) is 0 Å². The molecule has 104 valence electrons. The number of aliphatic hydroxyl groups is 1. The highest BCUT2D eigenvalue weighted by molar-refractivity contribution is 6.26. The molecule has 0 bridgehead atoms. The first-order valence-corrected chi connectivity index (χ1v) is 6.44. The van der Waals surface area contributed by atoms with Crippen LogP contribution >= 0.6 is 0 Å². The Morgan fingerprint density at radius 3 is 2.10 bits per heavy atom. The Morgan fingerprint density at radius 2 is 1.55 bits per heavy atom. The molecule has 1 aliphatic rings. The SMILES string of the molecule is CC1=C(C)C(=O)C(C(C)O)=C(Nc2ccccc2)C1=O. The molecule has 2 N–H and O–H groups in total. The Bertz CT molecular complexity index is 624. The number of carbonyl (C=O) groups excluding carboxylic acids is 2. The number of hydrogen-bond acceptors (Lipinski definition) is 4. The van der Waals surface area contributed by atoms with Crippen molar-refractivity contribution in [3.8, 4) is 0 Å². The van der Waals surface area contributed by atoms with E-state index in [-0.39, 0.29) is 22.8 Å². The fraction of sp³-hybridized carbons (Fsp3) is 0.250. The summed E-state index contributed by atoms with van der Waals surface area (Å²) < 4.78 is 0. The van der Waals surface area contributed by atoms with Crippen LogP contribution in [0.25, 0.3) is 0 Å². The van der Waals surface area contributed by atoms with Gasteiger partial charge in [-0.05, 0) is 32.9 Å². The summed E-state index contributed by atoms with van der Waals surface area (Å²) in [5.41, 5.74) is 1.80. The average molecular weight is 271 g/mol.